The van der Waals surface area contributed by atoms with Crippen LogP contribution in [0.4, 0.5) is 5.69 Å². The van der Waals surface area contributed by atoms with Gasteiger partial charge in [0, 0.05) is 46.8 Å². The van der Waals surface area contributed by atoms with E-state index < -0.39 is 0 Å². The van der Waals surface area contributed by atoms with Crippen molar-refractivity contribution in [2.24, 2.45) is 0 Å². The van der Waals surface area contributed by atoms with Crippen molar-refractivity contribution in [2.75, 3.05) is 35.7 Å². The number of anilines is 1. The first kappa shape index (κ1) is 16.8. The van der Waals surface area contributed by atoms with Gasteiger partial charge < -0.3 is 10.6 Å². The van der Waals surface area contributed by atoms with Crippen LogP contribution in [0.2, 0.25) is 0 Å². The van der Waals surface area contributed by atoms with Crippen molar-refractivity contribution in [3.05, 3.63) is 29.3 Å². The van der Waals surface area contributed by atoms with E-state index in [1.807, 2.05) is 35.7 Å². The number of amides is 1. The minimum absolute atomic E-state index is 0. The SMILES string of the molecule is Cl.O=C(NCC1CSCCS1)c1cccc2c1CCCN2. The molecule has 21 heavy (non-hydrogen) atoms. The van der Waals surface area contributed by atoms with Crippen LogP contribution in [-0.2, 0) is 6.42 Å². The summed E-state index contributed by atoms with van der Waals surface area (Å²) in [6.45, 7) is 1.79. The number of thioether (sulfide) groups is 2. The highest BCUT2D eigenvalue weighted by Gasteiger charge is 2.19. The van der Waals surface area contributed by atoms with Crippen LogP contribution in [0.25, 0.3) is 0 Å². The summed E-state index contributed by atoms with van der Waals surface area (Å²) < 4.78 is 0. The van der Waals surface area contributed by atoms with Gasteiger partial charge in [-0.05, 0) is 30.5 Å². The van der Waals surface area contributed by atoms with Gasteiger partial charge in [0.15, 0.2) is 0 Å². The molecule has 2 aliphatic heterocycles. The van der Waals surface area contributed by atoms with Crippen LogP contribution in [-0.4, -0.2) is 41.5 Å². The highest BCUT2D eigenvalue weighted by molar-refractivity contribution is 8.06. The van der Waals surface area contributed by atoms with E-state index >= 15 is 0 Å². The molecule has 1 aromatic carbocycles. The van der Waals surface area contributed by atoms with Gasteiger partial charge in [-0.1, -0.05) is 6.07 Å². The van der Waals surface area contributed by atoms with E-state index in [0.717, 1.165) is 42.9 Å². The van der Waals surface area contributed by atoms with Gasteiger partial charge >= 0.3 is 0 Å². The molecular weight excluding hydrogens is 324 g/mol. The van der Waals surface area contributed by atoms with E-state index in [4.69, 9.17) is 0 Å². The molecule has 6 heteroatoms. The largest absolute Gasteiger partial charge is 0.385 e. The van der Waals surface area contributed by atoms with E-state index in [1.54, 1.807) is 0 Å². The molecule has 2 N–H and O–H groups in total. The first-order valence-electron chi connectivity index (χ1n) is 7.18. The maximum absolute atomic E-state index is 12.4. The summed E-state index contributed by atoms with van der Waals surface area (Å²) in [5.41, 5.74) is 3.16. The molecule has 1 fully saturated rings. The molecule has 1 aromatic rings. The van der Waals surface area contributed by atoms with Gasteiger partial charge in [0.05, 0.1) is 0 Å². The average Bonchev–Trinajstić information content (AvgIpc) is 2.53. The third-order valence-corrected chi connectivity index (χ3v) is 6.56. The van der Waals surface area contributed by atoms with Gasteiger partial charge in [-0.3, -0.25) is 4.79 Å². The Morgan fingerprint density at radius 2 is 2.29 bits per heavy atom. The molecule has 3 rings (SSSR count). The monoisotopic (exact) mass is 344 g/mol. The van der Waals surface area contributed by atoms with Crippen LogP contribution in [0.3, 0.4) is 0 Å². The summed E-state index contributed by atoms with van der Waals surface area (Å²) >= 11 is 3.97. The Morgan fingerprint density at radius 1 is 1.38 bits per heavy atom. The Morgan fingerprint density at radius 3 is 3.10 bits per heavy atom. The lowest BCUT2D eigenvalue weighted by Gasteiger charge is -2.23. The van der Waals surface area contributed by atoms with Gasteiger partial charge in [0.2, 0.25) is 0 Å². The fourth-order valence-corrected chi connectivity index (χ4v) is 5.29. The molecule has 0 saturated carbocycles. The summed E-state index contributed by atoms with van der Waals surface area (Å²) in [7, 11) is 0. The maximum Gasteiger partial charge on any atom is 0.251 e. The van der Waals surface area contributed by atoms with E-state index in [1.165, 1.54) is 17.1 Å². The van der Waals surface area contributed by atoms with Crippen molar-refractivity contribution in [3.63, 3.8) is 0 Å². The number of benzene rings is 1. The lowest BCUT2D eigenvalue weighted by atomic mass is 9.97. The molecule has 1 atom stereocenters. The first-order valence-corrected chi connectivity index (χ1v) is 9.38. The predicted molar refractivity (Wildman–Crippen MR) is 96.4 cm³/mol. The molecule has 0 spiro atoms. The van der Waals surface area contributed by atoms with Crippen molar-refractivity contribution in [3.8, 4) is 0 Å². The van der Waals surface area contributed by atoms with Crippen molar-refractivity contribution >= 4 is 47.5 Å². The Labute approximate surface area is 140 Å². The standard InChI is InChI=1S/C15H20N2OS2.ClH/c18-15(17-9-11-10-19-7-8-20-11)13-3-1-5-14-12(13)4-2-6-16-14;/h1,3,5,11,16H,2,4,6-10H2,(H,17,18);1H. The number of carbonyl (C=O) groups is 1. The van der Waals surface area contributed by atoms with Crippen molar-refractivity contribution in [1.29, 1.82) is 0 Å². The summed E-state index contributed by atoms with van der Waals surface area (Å²) in [6, 6.07) is 5.99. The molecule has 0 radical (unpaired) electrons. The van der Waals surface area contributed by atoms with Crippen LogP contribution in [0, 0.1) is 0 Å². The molecule has 1 saturated heterocycles. The second kappa shape index (κ2) is 8.20. The number of carbonyl (C=O) groups excluding carboxylic acids is 1. The fraction of sp³-hybridized carbons (Fsp3) is 0.533. The van der Waals surface area contributed by atoms with Gasteiger partial charge in [-0.25, -0.2) is 0 Å². The Kier molecular flexibility index (Phi) is 6.58. The normalized spacial score (nSPS) is 20.7. The number of hydrogen-bond donors (Lipinski definition) is 2. The van der Waals surface area contributed by atoms with E-state index in [2.05, 4.69) is 16.7 Å². The molecule has 2 heterocycles. The smallest absolute Gasteiger partial charge is 0.251 e. The Balaban J connectivity index is 0.00000161. The molecule has 0 aromatic heterocycles. The predicted octanol–water partition coefficient (Wildman–Crippen LogP) is 3.04. The number of hydrogen-bond acceptors (Lipinski definition) is 4. The minimum atomic E-state index is 0. The third-order valence-electron chi connectivity index (χ3n) is 3.71. The third kappa shape index (κ3) is 4.24. The van der Waals surface area contributed by atoms with E-state index in [9.17, 15) is 4.79 Å². The Bertz CT molecular complexity index is 493. The molecule has 0 aliphatic carbocycles. The fourth-order valence-electron chi connectivity index (χ4n) is 2.68. The summed E-state index contributed by atoms with van der Waals surface area (Å²) in [5, 5.41) is 7.06. The summed E-state index contributed by atoms with van der Waals surface area (Å²) in [5.74, 6) is 3.68. The van der Waals surface area contributed by atoms with Crippen LogP contribution in [0.15, 0.2) is 18.2 Å². The van der Waals surface area contributed by atoms with Crippen LogP contribution in [0.5, 0.6) is 0 Å². The van der Waals surface area contributed by atoms with E-state index in [0.29, 0.717) is 5.25 Å². The lowest BCUT2D eigenvalue weighted by molar-refractivity contribution is 0.0953. The summed E-state index contributed by atoms with van der Waals surface area (Å²) in [6.07, 6.45) is 2.10. The zero-order chi connectivity index (χ0) is 13.8. The number of nitrogens with one attached hydrogen (secondary N) is 2. The molecule has 0 bridgehead atoms. The number of fused-ring (bicyclic) bond motifs is 1. The number of halogens is 1. The zero-order valence-electron chi connectivity index (χ0n) is 11.9. The highest BCUT2D eigenvalue weighted by atomic mass is 35.5. The second-order valence-corrected chi connectivity index (χ2v) is 7.70. The molecular formula is C15H21ClN2OS2. The minimum Gasteiger partial charge on any atom is -0.385 e. The van der Waals surface area contributed by atoms with Crippen molar-refractivity contribution < 1.29 is 4.79 Å². The maximum atomic E-state index is 12.4. The first-order chi connectivity index (χ1) is 9.84. The molecule has 1 unspecified atom stereocenters. The van der Waals surface area contributed by atoms with Gasteiger partial charge in [0.25, 0.3) is 5.91 Å². The van der Waals surface area contributed by atoms with Gasteiger partial charge in [0.1, 0.15) is 0 Å². The van der Waals surface area contributed by atoms with Crippen LogP contribution in [0.1, 0.15) is 22.3 Å². The van der Waals surface area contributed by atoms with Gasteiger partial charge in [-0.15, -0.1) is 12.4 Å². The summed E-state index contributed by atoms with van der Waals surface area (Å²) in [4.78, 5) is 12.4. The van der Waals surface area contributed by atoms with Crippen LogP contribution >= 0.6 is 35.9 Å². The average molecular weight is 345 g/mol. The van der Waals surface area contributed by atoms with E-state index in [-0.39, 0.29) is 18.3 Å². The molecule has 3 nitrogen and oxygen atoms in total. The quantitative estimate of drug-likeness (QED) is 0.884. The molecule has 116 valence electrons. The van der Waals surface area contributed by atoms with Crippen molar-refractivity contribution in [1.82, 2.24) is 5.32 Å². The molecule has 1 amide bonds. The Hall–Kier alpha value is -0.520. The second-order valence-electron chi connectivity index (χ2n) is 5.14. The zero-order valence-corrected chi connectivity index (χ0v) is 14.3. The topological polar surface area (TPSA) is 41.1 Å². The highest BCUT2D eigenvalue weighted by Crippen LogP contribution is 2.26. The lowest BCUT2D eigenvalue weighted by Crippen LogP contribution is -2.34. The number of rotatable bonds is 3. The van der Waals surface area contributed by atoms with Gasteiger partial charge in [-0.2, -0.15) is 23.5 Å². The molecule has 2 aliphatic rings. The van der Waals surface area contributed by atoms with Crippen molar-refractivity contribution in [2.45, 2.75) is 18.1 Å². The van der Waals surface area contributed by atoms with Crippen LogP contribution < -0.4 is 10.6 Å².